The fourth-order valence-electron chi connectivity index (χ4n) is 5.69. The van der Waals surface area contributed by atoms with Crippen molar-refractivity contribution in [3.63, 3.8) is 0 Å². The highest BCUT2D eigenvalue weighted by atomic mass is 16.3. The van der Waals surface area contributed by atoms with E-state index < -0.39 is 0 Å². The van der Waals surface area contributed by atoms with E-state index in [1.165, 1.54) is 11.1 Å². The predicted octanol–water partition coefficient (Wildman–Crippen LogP) is 6.88. The number of nitrogens with zero attached hydrogens (tertiary/aromatic N) is 4. The maximum atomic E-state index is 11.5. The summed E-state index contributed by atoms with van der Waals surface area (Å²) in [5.74, 6) is 0.859. The number of carbonyl (C=O) groups is 1. The summed E-state index contributed by atoms with van der Waals surface area (Å²) in [4.78, 5) is 23.6. The summed E-state index contributed by atoms with van der Waals surface area (Å²) in [6.07, 6.45) is 2.83. The number of rotatable bonds is 7. The van der Waals surface area contributed by atoms with Crippen LogP contribution in [-0.2, 0) is 13.0 Å². The smallest absolute Gasteiger partial charge is 0.346 e. The second-order valence-electron chi connectivity index (χ2n) is 11.2. The fourth-order valence-corrected chi connectivity index (χ4v) is 5.69. The zero-order valence-electron chi connectivity index (χ0n) is 23.0. The molecule has 0 aliphatic carbocycles. The minimum Gasteiger partial charge on any atom is -0.492 e. The highest BCUT2D eigenvalue weighted by Crippen LogP contribution is 2.36. The first-order chi connectivity index (χ1) is 19.4. The quantitative estimate of drug-likeness (QED) is 0.271. The van der Waals surface area contributed by atoms with Gasteiger partial charge in [-0.15, -0.1) is 0 Å². The fraction of sp³-hybridized carbons (Fsp3) is 0.303. The molecule has 0 spiro atoms. The van der Waals surface area contributed by atoms with Crippen molar-refractivity contribution in [1.82, 2.24) is 20.2 Å². The van der Waals surface area contributed by atoms with Crippen molar-refractivity contribution in [3.8, 4) is 28.4 Å². The molecule has 3 aromatic carbocycles. The third kappa shape index (κ3) is 5.56. The molecule has 2 amide bonds. The van der Waals surface area contributed by atoms with E-state index in [9.17, 15) is 9.90 Å². The first kappa shape index (κ1) is 26.0. The Bertz CT molecular complexity index is 1510. The molecule has 7 heteroatoms. The molecule has 203 valence electrons. The van der Waals surface area contributed by atoms with Gasteiger partial charge in [0.15, 0.2) is 0 Å². The summed E-state index contributed by atoms with van der Waals surface area (Å²) >= 11 is 0. The molecule has 0 bridgehead atoms. The van der Waals surface area contributed by atoms with E-state index in [4.69, 9.17) is 4.98 Å². The lowest BCUT2D eigenvalue weighted by Gasteiger charge is -2.32. The van der Waals surface area contributed by atoms with Crippen LogP contribution in [0.2, 0.25) is 0 Å². The summed E-state index contributed by atoms with van der Waals surface area (Å²) in [7, 11) is 0. The summed E-state index contributed by atoms with van der Waals surface area (Å²) in [6, 6.07) is 24.4. The van der Waals surface area contributed by atoms with Crippen molar-refractivity contribution >= 4 is 17.4 Å². The number of amides is 2. The normalized spacial score (nSPS) is 15.6. The molecule has 40 heavy (non-hydrogen) atoms. The highest BCUT2D eigenvalue weighted by molar-refractivity contribution is 6.02. The molecule has 0 atom stereocenters. The van der Waals surface area contributed by atoms with E-state index in [1.54, 1.807) is 0 Å². The maximum Gasteiger partial charge on any atom is 0.346 e. The highest BCUT2D eigenvalue weighted by Gasteiger charge is 2.24. The van der Waals surface area contributed by atoms with Gasteiger partial charge >= 0.3 is 6.03 Å². The molecule has 1 fully saturated rings. The molecule has 0 unspecified atom stereocenters. The minimum atomic E-state index is -0.281. The van der Waals surface area contributed by atoms with Gasteiger partial charge in [-0.3, -0.25) is 4.90 Å². The first-order valence-corrected chi connectivity index (χ1v) is 14.1. The largest absolute Gasteiger partial charge is 0.492 e. The minimum absolute atomic E-state index is 0.00948. The third-order valence-electron chi connectivity index (χ3n) is 7.77. The van der Waals surface area contributed by atoms with Crippen LogP contribution in [0.5, 0.6) is 5.88 Å². The number of benzene rings is 3. The van der Waals surface area contributed by atoms with Crippen LogP contribution >= 0.6 is 0 Å². The molecule has 1 aromatic heterocycles. The second kappa shape index (κ2) is 11.1. The lowest BCUT2D eigenvalue weighted by Crippen LogP contribution is -2.32. The Morgan fingerprint density at radius 2 is 1.62 bits per heavy atom. The molecule has 1 saturated heterocycles. The van der Waals surface area contributed by atoms with Gasteiger partial charge in [0.05, 0.1) is 17.1 Å². The number of likely N-dealkylation sites (tertiary alicyclic amines) is 1. The number of nitrogens with one attached hydrogen (secondary N) is 1. The van der Waals surface area contributed by atoms with Crippen molar-refractivity contribution in [3.05, 3.63) is 89.6 Å². The van der Waals surface area contributed by atoms with Crippen LogP contribution in [0.15, 0.2) is 72.8 Å². The zero-order chi connectivity index (χ0) is 27.6. The topological polar surface area (TPSA) is 92.5 Å². The number of hydrogen-bond acceptors (Lipinski definition) is 5. The van der Waals surface area contributed by atoms with Crippen LogP contribution in [-0.4, -0.2) is 39.1 Å². The van der Waals surface area contributed by atoms with Crippen LogP contribution in [0.3, 0.4) is 0 Å². The molecule has 3 heterocycles. The number of carbonyl (C=O) groups excluding carboxylic acids is 1. The summed E-state index contributed by atoms with van der Waals surface area (Å²) in [5.41, 5.74) is 8.13. The number of fused-ring (bicyclic) bond motifs is 1. The Balaban J connectivity index is 1.15. The van der Waals surface area contributed by atoms with Crippen molar-refractivity contribution < 1.29 is 9.90 Å². The van der Waals surface area contributed by atoms with Crippen LogP contribution in [0.25, 0.3) is 22.5 Å². The Morgan fingerprint density at radius 1 is 0.925 bits per heavy atom. The molecule has 0 saturated carbocycles. The molecule has 6 rings (SSSR count). The van der Waals surface area contributed by atoms with Gasteiger partial charge in [-0.1, -0.05) is 74.5 Å². The summed E-state index contributed by atoms with van der Waals surface area (Å²) in [5, 5.41) is 17.5. The average Bonchev–Trinajstić information content (AvgIpc) is 3.34. The summed E-state index contributed by atoms with van der Waals surface area (Å²) in [6.45, 7) is 7.16. The molecule has 2 aliphatic heterocycles. The second-order valence-corrected chi connectivity index (χ2v) is 11.2. The van der Waals surface area contributed by atoms with E-state index >= 15 is 0 Å². The van der Waals surface area contributed by atoms with E-state index in [1.807, 2.05) is 36.4 Å². The van der Waals surface area contributed by atoms with E-state index in [2.05, 4.69) is 70.8 Å². The number of aromatic nitrogens is 2. The standard InChI is InChI=1S/C33H34N5O2/c1-21(2)18-29-32(39)37-31(30(34-29)24-6-4-3-5-7-24)25-10-8-22(9-11-25)20-38-16-14-23(15-17-38)26-12-13-27-28(19-26)36-33(40)35-27/h3-13,19,21,23H,14-18,20H2,1-2H3,(H,35,40)(H,37,39). The number of anilines is 1. The van der Waals surface area contributed by atoms with Crippen LogP contribution in [0.1, 0.15) is 49.4 Å². The molecule has 2 N–H and O–H groups in total. The van der Waals surface area contributed by atoms with Gasteiger partial charge in [0.2, 0.25) is 5.88 Å². The molecule has 2 aliphatic rings. The monoisotopic (exact) mass is 532 g/mol. The van der Waals surface area contributed by atoms with Gasteiger partial charge in [-0.2, -0.15) is 5.32 Å². The number of piperidine rings is 1. The maximum absolute atomic E-state index is 11.5. The van der Waals surface area contributed by atoms with E-state index in [0.717, 1.165) is 60.7 Å². The molecular weight excluding hydrogens is 498 g/mol. The Labute approximate surface area is 235 Å². The van der Waals surface area contributed by atoms with Gasteiger partial charge in [0.25, 0.3) is 0 Å². The van der Waals surface area contributed by atoms with Gasteiger partial charge in [-0.05, 0) is 67.4 Å². The predicted molar refractivity (Wildman–Crippen MR) is 158 cm³/mol. The van der Waals surface area contributed by atoms with E-state index in [-0.39, 0.29) is 11.9 Å². The molecular formula is C33H34N5O2. The van der Waals surface area contributed by atoms with Crippen molar-refractivity contribution in [2.75, 3.05) is 18.4 Å². The Morgan fingerprint density at radius 3 is 2.35 bits per heavy atom. The molecule has 4 aromatic rings. The lowest BCUT2D eigenvalue weighted by molar-refractivity contribution is 0.204. The first-order valence-electron chi connectivity index (χ1n) is 14.1. The van der Waals surface area contributed by atoms with Crippen LogP contribution < -0.4 is 10.6 Å². The van der Waals surface area contributed by atoms with Crippen LogP contribution in [0.4, 0.5) is 16.2 Å². The number of urea groups is 1. The van der Waals surface area contributed by atoms with E-state index in [0.29, 0.717) is 29.6 Å². The average molecular weight is 533 g/mol. The van der Waals surface area contributed by atoms with Crippen molar-refractivity contribution in [2.45, 2.75) is 45.6 Å². The lowest BCUT2D eigenvalue weighted by atomic mass is 9.89. The SMILES string of the molecule is CC(C)Cc1nc(-c2ccccc2)c(-c2ccc(CN3CCC(c4ccc5c(c4)[N]C(=O)N5)CC3)cc2)nc1O. The van der Waals surface area contributed by atoms with Gasteiger partial charge in [-0.25, -0.2) is 14.8 Å². The number of hydrogen-bond donors (Lipinski definition) is 2. The summed E-state index contributed by atoms with van der Waals surface area (Å²) < 4.78 is 0. The Hall–Kier alpha value is -4.23. The number of aromatic hydroxyl groups is 1. The molecule has 7 nitrogen and oxygen atoms in total. The van der Waals surface area contributed by atoms with Gasteiger partial charge in [0, 0.05) is 17.7 Å². The molecule has 1 radical (unpaired) electrons. The van der Waals surface area contributed by atoms with Gasteiger partial charge < -0.3 is 10.4 Å². The van der Waals surface area contributed by atoms with Crippen molar-refractivity contribution in [1.29, 1.82) is 0 Å². The Kier molecular flexibility index (Phi) is 7.22. The zero-order valence-corrected chi connectivity index (χ0v) is 23.0. The third-order valence-corrected chi connectivity index (χ3v) is 7.77. The van der Waals surface area contributed by atoms with Gasteiger partial charge in [0.1, 0.15) is 11.4 Å². The van der Waals surface area contributed by atoms with Crippen LogP contribution in [0, 0.1) is 5.92 Å². The van der Waals surface area contributed by atoms with Crippen molar-refractivity contribution in [2.24, 2.45) is 5.92 Å².